The molecule has 1 fully saturated rings. The van der Waals surface area contributed by atoms with E-state index in [4.69, 9.17) is 0 Å². The fourth-order valence-corrected chi connectivity index (χ4v) is 2.59. The molecular formula is C15H17NO. The van der Waals surface area contributed by atoms with Crippen LogP contribution < -0.4 is 0 Å². The van der Waals surface area contributed by atoms with E-state index in [9.17, 15) is 4.79 Å². The highest BCUT2D eigenvalue weighted by Gasteiger charge is 2.18. The van der Waals surface area contributed by atoms with Gasteiger partial charge in [-0.15, -0.1) is 0 Å². The molecule has 88 valence electrons. The maximum Gasteiger partial charge on any atom is 0.124 e. The van der Waals surface area contributed by atoms with Gasteiger partial charge in [-0.3, -0.25) is 0 Å². The lowest BCUT2D eigenvalue weighted by atomic mass is 9.85. The predicted molar refractivity (Wildman–Crippen MR) is 69.0 cm³/mol. The van der Waals surface area contributed by atoms with Gasteiger partial charge in [0.25, 0.3) is 0 Å². The van der Waals surface area contributed by atoms with Crippen LogP contribution in [0, 0.1) is 5.92 Å². The molecule has 2 nitrogen and oxygen atoms in total. The van der Waals surface area contributed by atoms with E-state index in [1.165, 1.54) is 30.2 Å². The summed E-state index contributed by atoms with van der Waals surface area (Å²) in [5, 5.41) is 1.25. The maximum absolute atomic E-state index is 10.5. The molecule has 1 aliphatic rings. The number of aldehydes is 1. The summed E-state index contributed by atoms with van der Waals surface area (Å²) in [5.74, 6) is 0.875. The van der Waals surface area contributed by atoms with Gasteiger partial charge in [-0.25, -0.2) is 0 Å². The quantitative estimate of drug-likeness (QED) is 0.735. The van der Waals surface area contributed by atoms with E-state index in [0.29, 0.717) is 6.42 Å². The number of carbonyl (C=O) groups is 1. The Bertz CT molecular complexity index is 537. The van der Waals surface area contributed by atoms with E-state index < -0.39 is 0 Å². The average molecular weight is 227 g/mol. The van der Waals surface area contributed by atoms with Crippen molar-refractivity contribution in [3.63, 3.8) is 0 Å². The van der Waals surface area contributed by atoms with E-state index in [1.807, 2.05) is 0 Å². The summed E-state index contributed by atoms with van der Waals surface area (Å²) in [6, 6.07) is 8.49. The van der Waals surface area contributed by atoms with Crippen LogP contribution >= 0.6 is 0 Å². The number of benzene rings is 1. The number of carbonyl (C=O) groups excluding carboxylic acids is 1. The van der Waals surface area contributed by atoms with Gasteiger partial charge in [0.2, 0.25) is 0 Å². The van der Waals surface area contributed by atoms with Gasteiger partial charge in [0.05, 0.1) is 0 Å². The zero-order valence-corrected chi connectivity index (χ0v) is 9.93. The molecule has 1 aromatic carbocycles. The highest BCUT2D eigenvalue weighted by Crippen LogP contribution is 2.29. The molecule has 0 unspecified atom stereocenters. The van der Waals surface area contributed by atoms with Crippen molar-refractivity contribution in [2.24, 2.45) is 5.92 Å². The molecular weight excluding hydrogens is 210 g/mol. The molecule has 0 aliphatic heterocycles. The number of rotatable bonds is 4. The molecule has 0 radical (unpaired) electrons. The molecule has 1 aromatic heterocycles. The van der Waals surface area contributed by atoms with E-state index in [2.05, 4.69) is 35.0 Å². The normalized spacial score (nSPS) is 16.0. The van der Waals surface area contributed by atoms with E-state index in [1.54, 1.807) is 0 Å². The molecule has 2 heteroatoms. The SMILES string of the molecule is O=CCc1ccc2c(ccn2CC2CCC2)c1. The first-order valence-corrected chi connectivity index (χ1v) is 6.38. The van der Waals surface area contributed by atoms with Crippen LogP contribution in [0.3, 0.4) is 0 Å². The topological polar surface area (TPSA) is 22.0 Å². The number of fused-ring (bicyclic) bond motifs is 1. The molecule has 17 heavy (non-hydrogen) atoms. The monoisotopic (exact) mass is 227 g/mol. The average Bonchev–Trinajstić information content (AvgIpc) is 2.66. The van der Waals surface area contributed by atoms with Gasteiger partial charge in [0.1, 0.15) is 6.29 Å². The van der Waals surface area contributed by atoms with Crippen molar-refractivity contribution in [3.05, 3.63) is 36.0 Å². The summed E-state index contributed by atoms with van der Waals surface area (Å²) in [6.07, 6.45) is 7.81. The third-order valence-electron chi connectivity index (χ3n) is 3.83. The first-order chi connectivity index (χ1) is 8.36. The van der Waals surface area contributed by atoms with Crippen LogP contribution in [-0.4, -0.2) is 10.9 Å². The number of aromatic nitrogens is 1. The first-order valence-electron chi connectivity index (χ1n) is 6.38. The predicted octanol–water partition coefficient (Wildman–Crippen LogP) is 3.18. The molecule has 3 rings (SSSR count). The fourth-order valence-electron chi connectivity index (χ4n) is 2.59. The van der Waals surface area contributed by atoms with Crippen LogP contribution in [-0.2, 0) is 17.8 Å². The van der Waals surface area contributed by atoms with Gasteiger partial charge in [0.15, 0.2) is 0 Å². The Morgan fingerprint density at radius 1 is 1.29 bits per heavy atom. The lowest BCUT2D eigenvalue weighted by Crippen LogP contribution is -2.17. The van der Waals surface area contributed by atoms with Crippen molar-refractivity contribution in [1.29, 1.82) is 0 Å². The Labute approximate surface area is 101 Å². The Balaban J connectivity index is 1.89. The summed E-state index contributed by atoms with van der Waals surface area (Å²) in [4.78, 5) is 10.5. The van der Waals surface area contributed by atoms with Crippen molar-refractivity contribution in [2.75, 3.05) is 0 Å². The van der Waals surface area contributed by atoms with Crippen LogP contribution in [0.2, 0.25) is 0 Å². The van der Waals surface area contributed by atoms with Gasteiger partial charge in [-0.1, -0.05) is 12.5 Å². The maximum atomic E-state index is 10.5. The molecule has 0 spiro atoms. The second kappa shape index (κ2) is 4.36. The van der Waals surface area contributed by atoms with E-state index in [0.717, 1.165) is 24.3 Å². The minimum absolute atomic E-state index is 0.518. The van der Waals surface area contributed by atoms with Crippen molar-refractivity contribution < 1.29 is 4.79 Å². The molecule has 1 aliphatic carbocycles. The molecule has 0 N–H and O–H groups in total. The zero-order valence-electron chi connectivity index (χ0n) is 9.93. The first kappa shape index (κ1) is 10.6. The summed E-state index contributed by atoms with van der Waals surface area (Å²) in [5.41, 5.74) is 2.40. The Hall–Kier alpha value is -1.57. The van der Waals surface area contributed by atoms with Gasteiger partial charge in [-0.2, -0.15) is 0 Å². The Kier molecular flexibility index (Phi) is 2.71. The smallest absolute Gasteiger partial charge is 0.124 e. The highest BCUT2D eigenvalue weighted by molar-refractivity contribution is 5.81. The van der Waals surface area contributed by atoms with Crippen molar-refractivity contribution >= 4 is 17.2 Å². The van der Waals surface area contributed by atoms with E-state index >= 15 is 0 Å². The van der Waals surface area contributed by atoms with Gasteiger partial charge < -0.3 is 9.36 Å². The van der Waals surface area contributed by atoms with Crippen molar-refractivity contribution in [1.82, 2.24) is 4.57 Å². The Morgan fingerprint density at radius 3 is 2.88 bits per heavy atom. The molecule has 0 atom stereocenters. The molecule has 1 saturated carbocycles. The van der Waals surface area contributed by atoms with Gasteiger partial charge >= 0.3 is 0 Å². The fraction of sp³-hybridized carbons (Fsp3) is 0.400. The highest BCUT2D eigenvalue weighted by atomic mass is 16.1. The molecule has 0 saturated heterocycles. The zero-order chi connectivity index (χ0) is 11.7. The summed E-state index contributed by atoms with van der Waals surface area (Å²) in [6.45, 7) is 1.15. The minimum Gasteiger partial charge on any atom is -0.347 e. The van der Waals surface area contributed by atoms with Crippen molar-refractivity contribution in [2.45, 2.75) is 32.2 Å². The lowest BCUT2D eigenvalue weighted by molar-refractivity contribution is -0.107. The molecule has 0 bridgehead atoms. The Morgan fingerprint density at radius 2 is 2.18 bits per heavy atom. The second-order valence-electron chi connectivity index (χ2n) is 5.03. The molecule has 1 heterocycles. The van der Waals surface area contributed by atoms with Crippen molar-refractivity contribution in [3.8, 4) is 0 Å². The third kappa shape index (κ3) is 1.99. The van der Waals surface area contributed by atoms with Crippen LogP contribution in [0.1, 0.15) is 24.8 Å². The van der Waals surface area contributed by atoms with Crippen LogP contribution in [0.5, 0.6) is 0 Å². The summed E-state index contributed by atoms with van der Waals surface area (Å²) >= 11 is 0. The molecule has 2 aromatic rings. The van der Waals surface area contributed by atoms with E-state index in [-0.39, 0.29) is 0 Å². The number of hydrogen-bond donors (Lipinski definition) is 0. The minimum atomic E-state index is 0.518. The van der Waals surface area contributed by atoms with Crippen LogP contribution in [0.4, 0.5) is 0 Å². The van der Waals surface area contributed by atoms with Crippen LogP contribution in [0.15, 0.2) is 30.5 Å². The summed E-state index contributed by atoms with van der Waals surface area (Å²) in [7, 11) is 0. The van der Waals surface area contributed by atoms with Crippen LogP contribution in [0.25, 0.3) is 10.9 Å². The van der Waals surface area contributed by atoms with Gasteiger partial charge in [-0.05, 0) is 47.9 Å². The number of nitrogens with zero attached hydrogens (tertiary/aromatic N) is 1. The largest absolute Gasteiger partial charge is 0.347 e. The second-order valence-corrected chi connectivity index (χ2v) is 5.03. The van der Waals surface area contributed by atoms with Gasteiger partial charge in [0, 0.05) is 24.7 Å². The lowest BCUT2D eigenvalue weighted by Gasteiger charge is -2.26. The standard InChI is InChI=1S/C15H17NO/c17-9-7-12-4-5-15-14(10-12)6-8-16(15)11-13-2-1-3-13/h4-6,8-10,13H,1-3,7,11H2. The third-order valence-corrected chi connectivity index (χ3v) is 3.83. The summed E-state index contributed by atoms with van der Waals surface area (Å²) < 4.78 is 2.35. The number of hydrogen-bond acceptors (Lipinski definition) is 1. The molecule has 0 amide bonds.